The number of hydrogen-bond donors (Lipinski definition) is 1. The van der Waals surface area contributed by atoms with Gasteiger partial charge in [0.15, 0.2) is 0 Å². The molecular formula is C17H17ClN2O. The van der Waals surface area contributed by atoms with Crippen LogP contribution in [0, 0.1) is 13.8 Å². The minimum atomic E-state index is -0.131. The van der Waals surface area contributed by atoms with Crippen molar-refractivity contribution < 1.29 is 4.79 Å². The third-order valence-electron chi connectivity index (χ3n) is 3.80. The summed E-state index contributed by atoms with van der Waals surface area (Å²) < 4.78 is 0. The molecule has 1 heterocycles. The van der Waals surface area contributed by atoms with Crippen molar-refractivity contribution in [3.63, 3.8) is 0 Å². The Morgan fingerprint density at radius 2 is 2.00 bits per heavy atom. The third kappa shape index (κ3) is 2.61. The highest BCUT2D eigenvalue weighted by atomic mass is 35.5. The van der Waals surface area contributed by atoms with Crippen LogP contribution in [0.15, 0.2) is 36.4 Å². The van der Waals surface area contributed by atoms with E-state index in [-0.39, 0.29) is 6.03 Å². The van der Waals surface area contributed by atoms with Crippen LogP contribution in [-0.2, 0) is 6.42 Å². The number of rotatable bonds is 1. The van der Waals surface area contributed by atoms with Crippen LogP contribution in [0.5, 0.6) is 0 Å². The minimum absolute atomic E-state index is 0.131. The van der Waals surface area contributed by atoms with Gasteiger partial charge in [-0.3, -0.25) is 4.90 Å². The van der Waals surface area contributed by atoms with Crippen molar-refractivity contribution in [3.8, 4) is 0 Å². The van der Waals surface area contributed by atoms with Crippen LogP contribution in [0.4, 0.5) is 16.2 Å². The minimum Gasteiger partial charge on any atom is -0.306 e. The van der Waals surface area contributed by atoms with Gasteiger partial charge in [-0.15, -0.1) is 0 Å². The molecule has 2 amide bonds. The number of amides is 2. The number of carbonyl (C=O) groups excluding carboxylic acids is 1. The van der Waals surface area contributed by atoms with Crippen molar-refractivity contribution in [1.29, 1.82) is 0 Å². The van der Waals surface area contributed by atoms with Crippen molar-refractivity contribution in [2.24, 2.45) is 0 Å². The summed E-state index contributed by atoms with van der Waals surface area (Å²) in [6.07, 6.45) is 0.893. The van der Waals surface area contributed by atoms with Crippen molar-refractivity contribution >= 4 is 29.0 Å². The fourth-order valence-corrected chi connectivity index (χ4v) is 3.17. The number of aryl methyl sites for hydroxylation is 2. The number of halogens is 1. The van der Waals surface area contributed by atoms with Crippen molar-refractivity contribution in [2.75, 3.05) is 16.8 Å². The molecule has 0 aromatic heterocycles. The van der Waals surface area contributed by atoms with Crippen LogP contribution < -0.4 is 10.2 Å². The number of carbonyl (C=O) groups is 1. The van der Waals surface area contributed by atoms with E-state index in [1.165, 1.54) is 5.56 Å². The largest absolute Gasteiger partial charge is 0.326 e. The van der Waals surface area contributed by atoms with E-state index >= 15 is 0 Å². The lowest BCUT2D eigenvalue weighted by atomic mass is 10.1. The molecule has 0 saturated heterocycles. The molecule has 0 bridgehead atoms. The van der Waals surface area contributed by atoms with Crippen LogP contribution in [0.1, 0.15) is 16.7 Å². The summed E-state index contributed by atoms with van der Waals surface area (Å²) in [7, 11) is 0. The van der Waals surface area contributed by atoms with Gasteiger partial charge in [0, 0.05) is 12.2 Å². The van der Waals surface area contributed by atoms with Gasteiger partial charge in [-0.1, -0.05) is 35.9 Å². The fraction of sp³-hybridized carbons (Fsp3) is 0.235. The van der Waals surface area contributed by atoms with E-state index < -0.39 is 0 Å². The van der Waals surface area contributed by atoms with Crippen LogP contribution in [0.3, 0.4) is 0 Å². The molecule has 2 aromatic rings. The molecule has 1 aliphatic rings. The Bertz CT molecular complexity index is 689. The van der Waals surface area contributed by atoms with E-state index in [0.29, 0.717) is 17.3 Å². The lowest BCUT2D eigenvalue weighted by Crippen LogP contribution is -2.33. The van der Waals surface area contributed by atoms with E-state index in [0.717, 1.165) is 23.2 Å². The molecule has 0 saturated carbocycles. The number of urea groups is 1. The van der Waals surface area contributed by atoms with E-state index in [9.17, 15) is 4.79 Å². The van der Waals surface area contributed by atoms with Gasteiger partial charge in [-0.2, -0.15) is 0 Å². The summed E-state index contributed by atoms with van der Waals surface area (Å²) >= 11 is 6.25. The smallest absolute Gasteiger partial charge is 0.306 e. The van der Waals surface area contributed by atoms with Gasteiger partial charge in [0.25, 0.3) is 0 Å². The number of para-hydroxylation sites is 1. The van der Waals surface area contributed by atoms with E-state index in [1.54, 1.807) is 4.90 Å². The van der Waals surface area contributed by atoms with Gasteiger partial charge in [0.05, 0.1) is 10.7 Å². The maximum absolute atomic E-state index is 12.5. The standard InChI is InChI=1S/C17H17ClN2O/c1-11-9-12(2)16(14(18)10-11)19-17(21)20-8-7-13-5-3-4-6-15(13)20/h3-6,9-10H,7-8H2,1-2H3,(H,19,21). The highest BCUT2D eigenvalue weighted by molar-refractivity contribution is 6.34. The van der Waals surface area contributed by atoms with E-state index in [1.807, 2.05) is 44.2 Å². The Morgan fingerprint density at radius 1 is 1.24 bits per heavy atom. The topological polar surface area (TPSA) is 32.3 Å². The highest BCUT2D eigenvalue weighted by Gasteiger charge is 2.24. The Hall–Kier alpha value is -2.00. The second kappa shape index (κ2) is 5.41. The molecule has 0 atom stereocenters. The molecule has 1 N–H and O–H groups in total. The summed E-state index contributed by atoms with van der Waals surface area (Å²) in [5.74, 6) is 0. The maximum atomic E-state index is 12.5. The quantitative estimate of drug-likeness (QED) is 0.823. The van der Waals surface area contributed by atoms with Crippen LogP contribution in [-0.4, -0.2) is 12.6 Å². The second-order valence-corrected chi connectivity index (χ2v) is 5.81. The molecule has 3 rings (SSSR count). The van der Waals surface area contributed by atoms with Gasteiger partial charge in [-0.05, 0) is 49.1 Å². The van der Waals surface area contributed by atoms with E-state index in [2.05, 4.69) is 11.4 Å². The zero-order valence-electron chi connectivity index (χ0n) is 12.1. The molecule has 4 heteroatoms. The normalized spacial score (nSPS) is 13.2. The summed E-state index contributed by atoms with van der Waals surface area (Å²) in [4.78, 5) is 14.3. The number of anilines is 2. The molecule has 0 radical (unpaired) electrons. The predicted molar refractivity (Wildman–Crippen MR) is 87.4 cm³/mol. The fourth-order valence-electron chi connectivity index (χ4n) is 2.80. The van der Waals surface area contributed by atoms with Gasteiger partial charge in [-0.25, -0.2) is 4.79 Å². The predicted octanol–water partition coefficient (Wildman–Crippen LogP) is 4.55. The molecule has 21 heavy (non-hydrogen) atoms. The molecule has 2 aromatic carbocycles. The Morgan fingerprint density at radius 3 is 2.76 bits per heavy atom. The number of benzene rings is 2. The molecule has 108 valence electrons. The first-order valence-electron chi connectivity index (χ1n) is 6.99. The first-order valence-corrected chi connectivity index (χ1v) is 7.37. The van der Waals surface area contributed by atoms with Gasteiger partial charge in [0.2, 0.25) is 0 Å². The Balaban J connectivity index is 1.86. The first-order chi connectivity index (χ1) is 10.1. The van der Waals surface area contributed by atoms with Crippen LogP contribution >= 0.6 is 11.6 Å². The molecule has 3 nitrogen and oxygen atoms in total. The average molecular weight is 301 g/mol. The summed E-state index contributed by atoms with van der Waals surface area (Å²) in [6, 6.07) is 11.7. The summed E-state index contributed by atoms with van der Waals surface area (Å²) in [6.45, 7) is 4.64. The molecule has 1 aliphatic heterocycles. The monoisotopic (exact) mass is 300 g/mol. The zero-order chi connectivity index (χ0) is 15.0. The number of nitrogens with zero attached hydrogens (tertiary/aromatic N) is 1. The van der Waals surface area contributed by atoms with Gasteiger partial charge in [0.1, 0.15) is 0 Å². The highest BCUT2D eigenvalue weighted by Crippen LogP contribution is 2.31. The molecule has 0 spiro atoms. The lowest BCUT2D eigenvalue weighted by Gasteiger charge is -2.19. The third-order valence-corrected chi connectivity index (χ3v) is 4.09. The Labute approximate surface area is 129 Å². The Kier molecular flexibility index (Phi) is 3.60. The van der Waals surface area contributed by atoms with Crippen LogP contribution in [0.25, 0.3) is 0 Å². The summed E-state index contributed by atoms with van der Waals surface area (Å²) in [5, 5.41) is 3.52. The SMILES string of the molecule is Cc1cc(C)c(NC(=O)N2CCc3ccccc32)c(Cl)c1. The van der Waals surface area contributed by atoms with Crippen molar-refractivity contribution in [2.45, 2.75) is 20.3 Å². The van der Waals surface area contributed by atoms with Crippen molar-refractivity contribution in [3.05, 3.63) is 58.1 Å². The first kappa shape index (κ1) is 14.0. The summed E-state index contributed by atoms with van der Waals surface area (Å²) in [5.41, 5.74) is 4.94. The van der Waals surface area contributed by atoms with Crippen molar-refractivity contribution in [1.82, 2.24) is 0 Å². The molecule has 0 fully saturated rings. The lowest BCUT2D eigenvalue weighted by molar-refractivity contribution is 0.257. The van der Waals surface area contributed by atoms with Gasteiger partial charge < -0.3 is 5.32 Å². The molecule has 0 unspecified atom stereocenters. The van der Waals surface area contributed by atoms with Gasteiger partial charge >= 0.3 is 6.03 Å². The maximum Gasteiger partial charge on any atom is 0.326 e. The second-order valence-electron chi connectivity index (χ2n) is 5.40. The van der Waals surface area contributed by atoms with Crippen LogP contribution in [0.2, 0.25) is 5.02 Å². The zero-order valence-corrected chi connectivity index (χ0v) is 12.9. The number of nitrogens with one attached hydrogen (secondary N) is 1. The number of fused-ring (bicyclic) bond motifs is 1. The molecular weight excluding hydrogens is 284 g/mol. The average Bonchev–Trinajstić information content (AvgIpc) is 2.86. The molecule has 0 aliphatic carbocycles. The number of hydrogen-bond acceptors (Lipinski definition) is 1. The van der Waals surface area contributed by atoms with E-state index in [4.69, 9.17) is 11.6 Å².